The maximum atomic E-state index is 11.2. The van der Waals surface area contributed by atoms with Crippen LogP contribution < -0.4 is 4.74 Å². The summed E-state index contributed by atoms with van der Waals surface area (Å²) in [6.45, 7) is 2.30. The summed E-state index contributed by atoms with van der Waals surface area (Å²) in [5, 5.41) is 9.56. The number of benzene rings is 1. The summed E-state index contributed by atoms with van der Waals surface area (Å²) in [6, 6.07) is 2.91. The molecule has 0 aliphatic carbocycles. The smallest absolute Gasteiger partial charge is 0.338 e. The van der Waals surface area contributed by atoms with Crippen molar-refractivity contribution < 1.29 is 19.4 Å². The normalized spacial score (nSPS) is 9.80. The van der Waals surface area contributed by atoms with Crippen LogP contribution in [-0.2, 0) is 4.74 Å². The molecule has 0 radical (unpaired) electrons. The van der Waals surface area contributed by atoms with Gasteiger partial charge in [0.15, 0.2) is 0 Å². The Bertz CT molecular complexity index is 376. The number of carbonyl (C=O) groups is 1. The van der Waals surface area contributed by atoms with Gasteiger partial charge >= 0.3 is 5.97 Å². The molecular formula is C10H11IO4. The standard InChI is InChI=1S/C10H11IO4/c1-3-15-8-5-6(10(13)14-2)4-7(12)9(8)11/h4-5,12H,3H2,1-2H3. The number of halogens is 1. The zero-order valence-electron chi connectivity index (χ0n) is 8.41. The predicted molar refractivity (Wildman–Crippen MR) is 63.3 cm³/mol. The highest BCUT2D eigenvalue weighted by molar-refractivity contribution is 14.1. The molecule has 0 aliphatic rings. The molecule has 82 valence electrons. The van der Waals surface area contributed by atoms with Crippen molar-refractivity contribution in [2.24, 2.45) is 0 Å². The second kappa shape index (κ2) is 5.20. The van der Waals surface area contributed by atoms with Gasteiger partial charge in [-0.1, -0.05) is 0 Å². The summed E-state index contributed by atoms with van der Waals surface area (Å²) in [5.74, 6) is 0.00287. The van der Waals surface area contributed by atoms with Gasteiger partial charge in [-0.15, -0.1) is 0 Å². The van der Waals surface area contributed by atoms with Crippen molar-refractivity contribution in [2.75, 3.05) is 13.7 Å². The highest BCUT2D eigenvalue weighted by atomic mass is 127. The third-order valence-corrected chi connectivity index (χ3v) is 2.83. The number of hydrogen-bond donors (Lipinski definition) is 1. The van der Waals surface area contributed by atoms with Crippen LogP contribution in [0.15, 0.2) is 12.1 Å². The van der Waals surface area contributed by atoms with E-state index in [0.717, 1.165) is 0 Å². The zero-order chi connectivity index (χ0) is 11.4. The van der Waals surface area contributed by atoms with Crippen molar-refractivity contribution in [3.05, 3.63) is 21.3 Å². The molecule has 4 nitrogen and oxygen atoms in total. The van der Waals surface area contributed by atoms with E-state index in [0.29, 0.717) is 15.9 Å². The van der Waals surface area contributed by atoms with Crippen molar-refractivity contribution >= 4 is 28.6 Å². The number of phenolic OH excluding ortho intramolecular Hbond substituents is 1. The highest BCUT2D eigenvalue weighted by Gasteiger charge is 2.13. The van der Waals surface area contributed by atoms with Gasteiger partial charge in [-0.05, 0) is 41.6 Å². The molecule has 15 heavy (non-hydrogen) atoms. The number of carbonyl (C=O) groups excluding carboxylic acids is 1. The fourth-order valence-electron chi connectivity index (χ4n) is 1.08. The molecule has 0 bridgehead atoms. The fourth-order valence-corrected chi connectivity index (χ4v) is 1.55. The maximum absolute atomic E-state index is 11.2. The number of ether oxygens (including phenoxy) is 2. The molecule has 1 rings (SSSR count). The molecule has 1 aromatic carbocycles. The Labute approximate surface area is 101 Å². The van der Waals surface area contributed by atoms with Gasteiger partial charge in [0.2, 0.25) is 0 Å². The van der Waals surface area contributed by atoms with Crippen LogP contribution in [0.2, 0.25) is 0 Å². The average Bonchev–Trinajstić information content (AvgIpc) is 2.23. The van der Waals surface area contributed by atoms with E-state index in [2.05, 4.69) is 4.74 Å². The third-order valence-electron chi connectivity index (χ3n) is 1.74. The summed E-state index contributed by atoms with van der Waals surface area (Å²) in [5.41, 5.74) is 0.277. The number of aromatic hydroxyl groups is 1. The second-order valence-electron chi connectivity index (χ2n) is 2.73. The van der Waals surface area contributed by atoms with Crippen LogP contribution in [0.5, 0.6) is 11.5 Å². The van der Waals surface area contributed by atoms with E-state index in [1.165, 1.54) is 13.2 Å². The minimum atomic E-state index is -0.498. The van der Waals surface area contributed by atoms with Crippen LogP contribution in [0.4, 0.5) is 0 Å². The van der Waals surface area contributed by atoms with E-state index in [9.17, 15) is 9.90 Å². The van der Waals surface area contributed by atoms with Gasteiger partial charge in [0.25, 0.3) is 0 Å². The van der Waals surface area contributed by atoms with E-state index >= 15 is 0 Å². The van der Waals surface area contributed by atoms with Gasteiger partial charge in [0.1, 0.15) is 11.5 Å². The molecule has 0 amide bonds. The SMILES string of the molecule is CCOc1cc(C(=O)OC)cc(O)c1I. The van der Waals surface area contributed by atoms with Gasteiger partial charge in [0, 0.05) is 0 Å². The minimum absolute atomic E-state index is 0.0157. The molecule has 1 N–H and O–H groups in total. The number of esters is 1. The van der Waals surface area contributed by atoms with Crippen LogP contribution in [0.25, 0.3) is 0 Å². The number of phenols is 1. The van der Waals surface area contributed by atoms with Crippen LogP contribution in [-0.4, -0.2) is 24.8 Å². The van der Waals surface area contributed by atoms with Gasteiger partial charge in [-0.2, -0.15) is 0 Å². The maximum Gasteiger partial charge on any atom is 0.338 e. The van der Waals surface area contributed by atoms with Crippen molar-refractivity contribution in [2.45, 2.75) is 6.92 Å². The Morgan fingerprint density at radius 3 is 2.73 bits per heavy atom. The van der Waals surface area contributed by atoms with Gasteiger partial charge < -0.3 is 14.6 Å². The topological polar surface area (TPSA) is 55.8 Å². The molecule has 0 atom stereocenters. The molecule has 5 heteroatoms. The van der Waals surface area contributed by atoms with Crippen LogP contribution >= 0.6 is 22.6 Å². The molecule has 0 aromatic heterocycles. The number of hydrogen-bond acceptors (Lipinski definition) is 4. The van der Waals surface area contributed by atoms with Crippen LogP contribution in [0, 0.1) is 3.57 Å². The molecule has 0 saturated carbocycles. The quantitative estimate of drug-likeness (QED) is 0.685. The minimum Gasteiger partial charge on any atom is -0.507 e. The van der Waals surface area contributed by atoms with E-state index < -0.39 is 5.97 Å². The first-order chi connectivity index (χ1) is 7.10. The van der Waals surface area contributed by atoms with Gasteiger partial charge in [0.05, 0.1) is 22.9 Å². The van der Waals surface area contributed by atoms with Gasteiger partial charge in [-0.25, -0.2) is 4.79 Å². The van der Waals surface area contributed by atoms with Crippen LogP contribution in [0.1, 0.15) is 17.3 Å². The lowest BCUT2D eigenvalue weighted by atomic mass is 10.2. The molecule has 0 spiro atoms. The molecule has 0 aliphatic heterocycles. The molecule has 0 saturated heterocycles. The summed E-state index contributed by atoms with van der Waals surface area (Å²) >= 11 is 1.95. The molecular weight excluding hydrogens is 311 g/mol. The molecule has 0 fully saturated rings. The Kier molecular flexibility index (Phi) is 4.19. The van der Waals surface area contributed by atoms with Gasteiger partial charge in [-0.3, -0.25) is 0 Å². The Morgan fingerprint density at radius 2 is 2.20 bits per heavy atom. The molecule has 1 aromatic rings. The Morgan fingerprint density at radius 1 is 1.53 bits per heavy atom. The summed E-state index contributed by atoms with van der Waals surface area (Å²) in [4.78, 5) is 11.2. The van der Waals surface area contributed by atoms with Crippen molar-refractivity contribution in [1.29, 1.82) is 0 Å². The van der Waals surface area contributed by atoms with Crippen molar-refractivity contribution in [1.82, 2.24) is 0 Å². The zero-order valence-corrected chi connectivity index (χ0v) is 10.6. The predicted octanol–water partition coefficient (Wildman–Crippen LogP) is 2.18. The molecule has 0 heterocycles. The lowest BCUT2D eigenvalue weighted by Gasteiger charge is -2.09. The second-order valence-corrected chi connectivity index (χ2v) is 3.81. The van der Waals surface area contributed by atoms with E-state index in [4.69, 9.17) is 4.74 Å². The Balaban J connectivity index is 3.16. The number of rotatable bonds is 3. The highest BCUT2D eigenvalue weighted by Crippen LogP contribution is 2.31. The van der Waals surface area contributed by atoms with Crippen molar-refractivity contribution in [3.8, 4) is 11.5 Å². The summed E-state index contributed by atoms with van der Waals surface area (Å²) < 4.78 is 10.4. The first-order valence-corrected chi connectivity index (χ1v) is 5.41. The average molecular weight is 322 g/mol. The van der Waals surface area contributed by atoms with Crippen molar-refractivity contribution in [3.63, 3.8) is 0 Å². The lowest BCUT2D eigenvalue weighted by molar-refractivity contribution is 0.0599. The number of methoxy groups -OCH3 is 1. The van der Waals surface area contributed by atoms with E-state index in [1.54, 1.807) is 6.07 Å². The van der Waals surface area contributed by atoms with Crippen LogP contribution in [0.3, 0.4) is 0 Å². The Hall–Kier alpha value is -0.980. The lowest BCUT2D eigenvalue weighted by Crippen LogP contribution is -2.03. The molecule has 0 unspecified atom stereocenters. The first-order valence-electron chi connectivity index (χ1n) is 4.33. The monoisotopic (exact) mass is 322 g/mol. The summed E-state index contributed by atoms with van der Waals surface area (Å²) in [7, 11) is 1.29. The third kappa shape index (κ3) is 2.74. The summed E-state index contributed by atoms with van der Waals surface area (Å²) in [6.07, 6.45) is 0. The van der Waals surface area contributed by atoms with E-state index in [-0.39, 0.29) is 11.3 Å². The first kappa shape index (κ1) is 12.1. The largest absolute Gasteiger partial charge is 0.507 e. The van der Waals surface area contributed by atoms with E-state index in [1.807, 2.05) is 29.5 Å². The fraction of sp³-hybridized carbons (Fsp3) is 0.300.